The lowest BCUT2D eigenvalue weighted by Gasteiger charge is -2.36. The second kappa shape index (κ2) is 13.7. The first kappa shape index (κ1) is 32.5. The van der Waals surface area contributed by atoms with Crippen LogP contribution < -0.4 is 14.5 Å². The predicted molar refractivity (Wildman–Crippen MR) is 171 cm³/mol. The Morgan fingerprint density at radius 2 is 1.57 bits per heavy atom. The molecule has 6 rings (SSSR count). The van der Waals surface area contributed by atoms with E-state index >= 15 is 0 Å². The topological polar surface area (TPSA) is 95.9 Å². The number of methoxy groups -OCH3 is 1. The molecule has 9 nitrogen and oxygen atoms in total. The van der Waals surface area contributed by atoms with Crippen molar-refractivity contribution in [1.82, 2.24) is 14.3 Å². The van der Waals surface area contributed by atoms with Crippen molar-refractivity contribution in [2.45, 2.75) is 36.6 Å². The Balaban J connectivity index is 1.24. The van der Waals surface area contributed by atoms with Crippen LogP contribution >= 0.6 is 0 Å². The van der Waals surface area contributed by atoms with Gasteiger partial charge in [0.05, 0.1) is 29.4 Å². The van der Waals surface area contributed by atoms with Crippen molar-refractivity contribution in [3.05, 3.63) is 95.9 Å². The van der Waals surface area contributed by atoms with Gasteiger partial charge in [-0.15, -0.1) is 0 Å². The molecule has 2 fully saturated rings. The predicted octanol–water partition coefficient (Wildman–Crippen LogP) is 5.25. The van der Waals surface area contributed by atoms with E-state index < -0.39 is 27.7 Å². The molecule has 0 saturated carbocycles. The number of ether oxygens (including phenoxy) is 1. The Morgan fingerprint density at radius 3 is 2.30 bits per heavy atom. The molecule has 0 spiro atoms. The van der Waals surface area contributed by atoms with Crippen LogP contribution in [0.3, 0.4) is 0 Å². The first-order chi connectivity index (χ1) is 22.6. The number of carbonyl (C=O) groups is 1. The first-order valence-corrected chi connectivity index (χ1v) is 16.8. The van der Waals surface area contributed by atoms with Crippen molar-refractivity contribution in [3.63, 3.8) is 0 Å². The largest absolute Gasteiger partial charge is 0.496 e. The Hall–Kier alpha value is -4.49. The number of hydrogen-bond acceptors (Lipinski definition) is 8. The molecule has 246 valence electrons. The van der Waals surface area contributed by atoms with E-state index in [4.69, 9.17) is 14.7 Å². The Morgan fingerprint density at radius 1 is 0.872 bits per heavy atom. The van der Waals surface area contributed by atoms with Gasteiger partial charge in [-0.1, -0.05) is 12.1 Å². The van der Waals surface area contributed by atoms with E-state index in [9.17, 15) is 26.4 Å². The third-order valence-electron chi connectivity index (χ3n) is 8.58. The highest BCUT2D eigenvalue weighted by Crippen LogP contribution is 2.32. The second-order valence-electron chi connectivity index (χ2n) is 11.5. The van der Waals surface area contributed by atoms with Crippen LogP contribution in [0.15, 0.2) is 77.7 Å². The Bertz CT molecular complexity index is 1870. The van der Waals surface area contributed by atoms with E-state index in [0.29, 0.717) is 73.4 Å². The molecule has 0 amide bonds. The highest BCUT2D eigenvalue weighted by Gasteiger charge is 2.39. The van der Waals surface area contributed by atoms with Gasteiger partial charge in [0, 0.05) is 50.4 Å². The molecule has 1 atom stereocenters. The maximum absolute atomic E-state index is 14.4. The number of carbonyl (C=O) groups excluding carboxylic acids is 1. The number of benzene rings is 3. The van der Waals surface area contributed by atoms with E-state index in [-0.39, 0.29) is 35.9 Å². The third-order valence-corrected chi connectivity index (χ3v) is 10.5. The number of halogens is 3. The van der Waals surface area contributed by atoms with Gasteiger partial charge in [-0.2, -0.15) is 4.31 Å². The van der Waals surface area contributed by atoms with Crippen molar-refractivity contribution in [2.75, 3.05) is 49.6 Å². The summed E-state index contributed by atoms with van der Waals surface area (Å²) in [6.45, 7) is 2.22. The van der Waals surface area contributed by atoms with Gasteiger partial charge in [-0.05, 0) is 79.9 Å². The molecule has 2 aliphatic heterocycles. The minimum absolute atomic E-state index is 0.0113. The van der Waals surface area contributed by atoms with Crippen molar-refractivity contribution in [3.8, 4) is 17.0 Å². The van der Waals surface area contributed by atoms with Crippen LogP contribution in [0.5, 0.6) is 5.75 Å². The molecule has 1 aromatic heterocycles. The van der Waals surface area contributed by atoms with E-state index in [2.05, 4.69) is 0 Å². The molecule has 13 heteroatoms. The number of Topliss-reactive ketones (excluding diaryl/α,β-unsaturated/α-hetero) is 1. The lowest BCUT2D eigenvalue weighted by Crippen LogP contribution is -2.47. The minimum atomic E-state index is -4.00. The van der Waals surface area contributed by atoms with Gasteiger partial charge in [0.2, 0.25) is 16.0 Å². The lowest BCUT2D eigenvalue weighted by molar-refractivity contribution is -0.122. The van der Waals surface area contributed by atoms with Crippen LogP contribution in [0.25, 0.3) is 11.3 Å². The van der Waals surface area contributed by atoms with Gasteiger partial charge >= 0.3 is 0 Å². The second-order valence-corrected chi connectivity index (χ2v) is 13.4. The number of nitrogens with zero attached hydrogens (tertiary/aromatic N) is 5. The molecule has 0 N–H and O–H groups in total. The first-order valence-electron chi connectivity index (χ1n) is 15.4. The molecule has 3 aromatic carbocycles. The van der Waals surface area contributed by atoms with Gasteiger partial charge < -0.3 is 14.5 Å². The number of anilines is 2. The molecule has 0 aliphatic carbocycles. The van der Waals surface area contributed by atoms with E-state index in [1.165, 1.54) is 47.8 Å². The average molecular weight is 666 g/mol. The molecule has 0 bridgehead atoms. The smallest absolute Gasteiger partial charge is 0.243 e. The maximum Gasteiger partial charge on any atom is 0.243 e. The minimum Gasteiger partial charge on any atom is -0.496 e. The molecule has 47 heavy (non-hydrogen) atoms. The third kappa shape index (κ3) is 6.96. The zero-order chi connectivity index (χ0) is 33.1. The number of ketones is 1. The highest BCUT2D eigenvalue weighted by molar-refractivity contribution is 7.89. The van der Waals surface area contributed by atoms with Crippen LogP contribution in [0, 0.1) is 17.5 Å². The number of rotatable bonds is 10. The summed E-state index contributed by atoms with van der Waals surface area (Å²) in [5.74, 6) is -0.780. The summed E-state index contributed by atoms with van der Waals surface area (Å²) in [5, 5.41) is 0. The molecule has 0 unspecified atom stereocenters. The maximum atomic E-state index is 14.4. The zero-order valence-corrected chi connectivity index (χ0v) is 26.6. The Labute approximate surface area is 271 Å². The van der Waals surface area contributed by atoms with E-state index in [1.54, 1.807) is 24.3 Å². The van der Waals surface area contributed by atoms with Gasteiger partial charge in [0.25, 0.3) is 0 Å². The van der Waals surface area contributed by atoms with Crippen molar-refractivity contribution in [2.24, 2.45) is 0 Å². The summed E-state index contributed by atoms with van der Waals surface area (Å²) in [6.07, 6.45) is 1.11. The molecule has 2 saturated heterocycles. The molecule has 2 aliphatic rings. The number of piperazine rings is 1. The average Bonchev–Trinajstić information content (AvgIpc) is 3.59. The number of para-hydroxylation sites is 1. The monoisotopic (exact) mass is 665 g/mol. The normalized spacial score (nSPS) is 17.2. The van der Waals surface area contributed by atoms with E-state index in [0.717, 1.165) is 12.1 Å². The molecular formula is C34H34F3N5O4S. The van der Waals surface area contributed by atoms with Gasteiger partial charge in [-0.25, -0.2) is 31.6 Å². The fourth-order valence-corrected chi connectivity index (χ4v) is 7.81. The number of aromatic nitrogens is 2. The molecule has 0 radical (unpaired) electrons. The zero-order valence-electron chi connectivity index (χ0n) is 25.8. The molecule has 4 aromatic rings. The van der Waals surface area contributed by atoms with Gasteiger partial charge in [-0.3, -0.25) is 4.79 Å². The summed E-state index contributed by atoms with van der Waals surface area (Å²) >= 11 is 0. The highest BCUT2D eigenvalue weighted by atomic mass is 32.2. The van der Waals surface area contributed by atoms with Gasteiger partial charge in [0.15, 0.2) is 5.78 Å². The SMILES string of the molecule is COc1ccc(F)cc1-c1cc(CCC(=O)[C@@H]2CCCN2S(=O)(=O)c2ccc(F)cc2)nc(N2CCN(c3ccccc3F)CC2)n1. The molecule has 3 heterocycles. The summed E-state index contributed by atoms with van der Waals surface area (Å²) < 4.78 is 75.7. The molecular weight excluding hydrogens is 631 g/mol. The summed E-state index contributed by atoms with van der Waals surface area (Å²) in [6, 6.07) is 16.1. The fourth-order valence-electron chi connectivity index (χ4n) is 6.14. The summed E-state index contributed by atoms with van der Waals surface area (Å²) in [4.78, 5) is 26.9. The number of sulfonamides is 1. The van der Waals surface area contributed by atoms with Crippen molar-refractivity contribution in [1.29, 1.82) is 0 Å². The van der Waals surface area contributed by atoms with E-state index in [1.807, 2.05) is 9.80 Å². The Kier molecular flexibility index (Phi) is 9.46. The van der Waals surface area contributed by atoms with Crippen LogP contribution in [-0.2, 0) is 21.2 Å². The fraction of sp³-hybridized carbons (Fsp3) is 0.324. The standard InChI is InChI=1S/C34H34F3N5O4S/c1-46-33-15-10-24(36)21-27(33)29-22-25(38-34(39-29)41-19-17-40(18-20-41)30-6-3-2-5-28(30)37)11-14-32(43)31-7-4-16-42(31)47(44,45)26-12-8-23(35)9-13-26/h2-3,5-6,8-10,12-13,15,21-22,31H,4,7,11,14,16-20H2,1H3/t31-/m0/s1. The summed E-state index contributed by atoms with van der Waals surface area (Å²) in [5.41, 5.74) is 1.87. The van der Waals surface area contributed by atoms with Crippen LogP contribution in [0.2, 0.25) is 0 Å². The van der Waals surface area contributed by atoms with Crippen molar-refractivity contribution < 1.29 is 31.1 Å². The van der Waals surface area contributed by atoms with Crippen molar-refractivity contribution >= 4 is 27.4 Å². The number of aryl methyl sites for hydroxylation is 1. The van der Waals surface area contributed by atoms with Gasteiger partial charge in [0.1, 0.15) is 23.2 Å². The summed E-state index contributed by atoms with van der Waals surface area (Å²) in [7, 11) is -2.52. The van der Waals surface area contributed by atoms with Crippen LogP contribution in [-0.4, -0.2) is 74.3 Å². The quantitative estimate of drug-likeness (QED) is 0.227. The van der Waals surface area contributed by atoms with Crippen LogP contribution in [0.1, 0.15) is 25.0 Å². The number of hydrogen-bond donors (Lipinski definition) is 0. The van der Waals surface area contributed by atoms with Crippen LogP contribution in [0.4, 0.5) is 24.8 Å². The lowest BCUT2D eigenvalue weighted by atomic mass is 10.0.